The van der Waals surface area contributed by atoms with Crippen LogP contribution in [0, 0.1) is 15.3 Å². The third-order valence-corrected chi connectivity index (χ3v) is 4.82. The molecule has 0 amide bonds. The number of benzene rings is 1. The minimum Gasteiger partial charge on any atom is -0.397 e. The molecule has 1 saturated carbocycles. The van der Waals surface area contributed by atoms with E-state index in [0.29, 0.717) is 15.3 Å². The quantitative estimate of drug-likeness (QED) is 0.586. The molecule has 1 fully saturated rings. The molecule has 1 aromatic rings. The molecule has 2 nitrogen and oxygen atoms in total. The average molecular weight is 376 g/mol. The molecule has 19 heavy (non-hydrogen) atoms. The van der Waals surface area contributed by atoms with Gasteiger partial charge in [0, 0.05) is 12.1 Å². The predicted octanol–water partition coefficient (Wildman–Crippen LogP) is 4.78. The Hall–Kier alpha value is -0.520. The zero-order valence-electron chi connectivity index (χ0n) is 11.4. The van der Waals surface area contributed by atoms with Crippen LogP contribution >= 0.6 is 22.6 Å². The Bertz CT molecular complexity index is 428. The molecule has 0 radical (unpaired) electrons. The molecule has 3 N–H and O–H groups in total. The Balaban J connectivity index is 1.94. The van der Waals surface area contributed by atoms with Crippen LogP contribution in [0.2, 0.25) is 0 Å². The van der Waals surface area contributed by atoms with Crippen LogP contribution in [0.15, 0.2) is 12.1 Å². The van der Waals surface area contributed by atoms with Gasteiger partial charge in [0.2, 0.25) is 0 Å². The molecule has 1 aliphatic rings. The van der Waals surface area contributed by atoms with Crippen molar-refractivity contribution in [1.29, 1.82) is 0 Å². The van der Waals surface area contributed by atoms with Gasteiger partial charge in [0.25, 0.3) is 0 Å². The molecule has 1 aliphatic carbocycles. The van der Waals surface area contributed by atoms with Crippen LogP contribution in [0.3, 0.4) is 0 Å². The third kappa shape index (κ3) is 3.97. The Morgan fingerprint density at radius 3 is 2.63 bits per heavy atom. The van der Waals surface area contributed by atoms with Gasteiger partial charge in [-0.2, -0.15) is 0 Å². The van der Waals surface area contributed by atoms with E-state index in [-0.39, 0.29) is 5.82 Å². The van der Waals surface area contributed by atoms with Crippen molar-refractivity contribution in [2.45, 2.75) is 51.5 Å². The number of nitrogens with one attached hydrogen (secondary N) is 1. The van der Waals surface area contributed by atoms with E-state index in [9.17, 15) is 4.39 Å². The van der Waals surface area contributed by atoms with E-state index < -0.39 is 0 Å². The fraction of sp³-hybridized carbons (Fsp3) is 0.600. The van der Waals surface area contributed by atoms with Gasteiger partial charge in [-0.15, -0.1) is 0 Å². The van der Waals surface area contributed by atoms with Gasteiger partial charge in [-0.25, -0.2) is 4.39 Å². The maximum Gasteiger partial charge on any atom is 0.138 e. The zero-order valence-corrected chi connectivity index (χ0v) is 13.5. The molecule has 0 spiro atoms. The van der Waals surface area contributed by atoms with E-state index >= 15 is 0 Å². The lowest BCUT2D eigenvalue weighted by atomic mass is 9.83. The number of halogens is 2. The van der Waals surface area contributed by atoms with Crippen LogP contribution < -0.4 is 11.1 Å². The van der Waals surface area contributed by atoms with Crippen molar-refractivity contribution in [3.63, 3.8) is 0 Å². The molecule has 0 aliphatic heterocycles. The van der Waals surface area contributed by atoms with Crippen LogP contribution in [0.4, 0.5) is 15.8 Å². The summed E-state index contributed by atoms with van der Waals surface area (Å²) >= 11 is 1.97. The molecule has 0 aromatic heterocycles. The van der Waals surface area contributed by atoms with Gasteiger partial charge in [0.1, 0.15) is 5.82 Å². The van der Waals surface area contributed by atoms with Crippen LogP contribution in [-0.4, -0.2) is 6.04 Å². The molecular formula is C15H22FIN2. The molecule has 106 valence electrons. The lowest BCUT2D eigenvalue weighted by Crippen LogP contribution is -2.26. The second-order valence-corrected chi connectivity index (χ2v) is 6.67. The van der Waals surface area contributed by atoms with Crippen molar-refractivity contribution in [3.05, 3.63) is 21.5 Å². The summed E-state index contributed by atoms with van der Waals surface area (Å²) in [4.78, 5) is 0. The minimum atomic E-state index is -0.197. The van der Waals surface area contributed by atoms with E-state index in [4.69, 9.17) is 5.73 Å². The SMILES string of the molecule is CCCC1CCC(Nc2cc(F)c(I)cc2N)CC1. The molecule has 2 rings (SSSR count). The summed E-state index contributed by atoms with van der Waals surface area (Å²) in [6.07, 6.45) is 7.50. The van der Waals surface area contributed by atoms with Crippen molar-refractivity contribution >= 4 is 34.0 Å². The Labute approximate surface area is 128 Å². The molecule has 4 heteroatoms. The van der Waals surface area contributed by atoms with E-state index in [0.717, 1.165) is 24.4 Å². The summed E-state index contributed by atoms with van der Waals surface area (Å²) in [5.74, 6) is 0.686. The first-order chi connectivity index (χ1) is 9.10. The number of nitrogen functional groups attached to an aromatic ring is 1. The van der Waals surface area contributed by atoms with Crippen molar-refractivity contribution in [3.8, 4) is 0 Å². The zero-order chi connectivity index (χ0) is 13.8. The smallest absolute Gasteiger partial charge is 0.138 e. The first kappa shape index (κ1) is 14.9. The molecule has 0 heterocycles. The summed E-state index contributed by atoms with van der Waals surface area (Å²) in [7, 11) is 0. The van der Waals surface area contributed by atoms with Gasteiger partial charge in [-0.1, -0.05) is 19.8 Å². The number of hydrogen-bond donors (Lipinski definition) is 2. The Kier molecular flexibility index (Phi) is 5.30. The standard InChI is InChI=1S/C15H22FIN2/c1-2-3-10-4-6-11(7-5-10)19-15-8-12(16)13(17)9-14(15)18/h8-11,19H,2-7,18H2,1H3. The Morgan fingerprint density at radius 1 is 1.32 bits per heavy atom. The molecule has 0 atom stereocenters. The summed E-state index contributed by atoms with van der Waals surface area (Å²) in [6.45, 7) is 2.25. The number of hydrogen-bond acceptors (Lipinski definition) is 2. The lowest BCUT2D eigenvalue weighted by molar-refractivity contribution is 0.319. The number of nitrogens with two attached hydrogens (primary N) is 1. The highest BCUT2D eigenvalue weighted by molar-refractivity contribution is 14.1. The van der Waals surface area contributed by atoms with Gasteiger partial charge >= 0.3 is 0 Å². The lowest BCUT2D eigenvalue weighted by Gasteiger charge is -2.30. The highest BCUT2D eigenvalue weighted by Crippen LogP contribution is 2.31. The average Bonchev–Trinajstić information content (AvgIpc) is 2.38. The summed E-state index contributed by atoms with van der Waals surface area (Å²) in [5.41, 5.74) is 7.34. The largest absolute Gasteiger partial charge is 0.397 e. The van der Waals surface area contributed by atoms with Gasteiger partial charge in [0.15, 0.2) is 0 Å². The number of anilines is 2. The highest BCUT2D eigenvalue weighted by Gasteiger charge is 2.21. The van der Waals surface area contributed by atoms with Crippen molar-refractivity contribution in [2.75, 3.05) is 11.1 Å². The number of rotatable bonds is 4. The fourth-order valence-corrected chi connectivity index (χ4v) is 3.40. The minimum absolute atomic E-state index is 0.197. The molecule has 0 unspecified atom stereocenters. The third-order valence-electron chi connectivity index (χ3n) is 4.00. The van der Waals surface area contributed by atoms with Crippen molar-refractivity contribution in [1.82, 2.24) is 0 Å². The first-order valence-corrected chi connectivity index (χ1v) is 8.19. The summed E-state index contributed by atoms with van der Waals surface area (Å²) in [6, 6.07) is 3.66. The van der Waals surface area contributed by atoms with Crippen molar-refractivity contribution < 1.29 is 4.39 Å². The highest BCUT2D eigenvalue weighted by atomic mass is 127. The summed E-state index contributed by atoms with van der Waals surface area (Å²) in [5, 5.41) is 3.41. The van der Waals surface area contributed by atoms with Gasteiger partial charge < -0.3 is 11.1 Å². The van der Waals surface area contributed by atoms with E-state index in [1.807, 2.05) is 22.6 Å². The second kappa shape index (κ2) is 6.77. The molecule has 1 aromatic carbocycles. The topological polar surface area (TPSA) is 38.0 Å². The molecule has 0 saturated heterocycles. The van der Waals surface area contributed by atoms with Crippen LogP contribution in [-0.2, 0) is 0 Å². The Morgan fingerprint density at radius 2 is 2.00 bits per heavy atom. The van der Waals surface area contributed by atoms with E-state index in [1.54, 1.807) is 6.07 Å². The van der Waals surface area contributed by atoms with Crippen LogP contribution in [0.5, 0.6) is 0 Å². The second-order valence-electron chi connectivity index (χ2n) is 5.50. The molecular weight excluding hydrogens is 354 g/mol. The summed E-state index contributed by atoms with van der Waals surface area (Å²) < 4.78 is 14.1. The monoisotopic (exact) mass is 376 g/mol. The normalized spacial score (nSPS) is 23.3. The van der Waals surface area contributed by atoms with Gasteiger partial charge in [-0.3, -0.25) is 0 Å². The predicted molar refractivity (Wildman–Crippen MR) is 87.8 cm³/mol. The maximum atomic E-state index is 13.6. The van der Waals surface area contributed by atoms with E-state index in [1.165, 1.54) is 31.7 Å². The van der Waals surface area contributed by atoms with E-state index in [2.05, 4.69) is 12.2 Å². The van der Waals surface area contributed by atoms with Gasteiger partial charge in [0.05, 0.1) is 14.9 Å². The maximum absolute atomic E-state index is 13.6. The molecule has 0 bridgehead atoms. The van der Waals surface area contributed by atoms with Crippen LogP contribution in [0.1, 0.15) is 45.4 Å². The fourth-order valence-electron chi connectivity index (χ4n) is 2.91. The van der Waals surface area contributed by atoms with Crippen molar-refractivity contribution in [2.24, 2.45) is 5.92 Å². The van der Waals surface area contributed by atoms with Crippen LogP contribution in [0.25, 0.3) is 0 Å². The first-order valence-electron chi connectivity index (χ1n) is 7.11. The van der Waals surface area contributed by atoms with Gasteiger partial charge in [-0.05, 0) is 60.3 Å².